The summed E-state index contributed by atoms with van der Waals surface area (Å²) in [5.41, 5.74) is 5.39. The number of benzene rings is 1. The summed E-state index contributed by atoms with van der Waals surface area (Å²) in [6.07, 6.45) is -0.324. The molecule has 5 nitrogen and oxygen atoms in total. The number of carbonyl (C=O) groups excluding carboxylic acids is 1. The SMILES string of the molecule is Cc1cc(C)c2cc(C(=O)N3CCN(C[C@@H](C)O)CC3)[nH]c2c1C. The molecule has 1 saturated heterocycles. The van der Waals surface area contributed by atoms with E-state index in [2.05, 4.69) is 36.7 Å². The fourth-order valence-corrected chi connectivity index (χ4v) is 3.56. The van der Waals surface area contributed by atoms with Gasteiger partial charge in [0, 0.05) is 43.6 Å². The van der Waals surface area contributed by atoms with E-state index in [1.807, 2.05) is 11.0 Å². The fourth-order valence-electron chi connectivity index (χ4n) is 3.56. The van der Waals surface area contributed by atoms with Gasteiger partial charge in [-0.1, -0.05) is 6.07 Å². The van der Waals surface area contributed by atoms with Gasteiger partial charge in [-0.15, -0.1) is 0 Å². The lowest BCUT2D eigenvalue weighted by Crippen LogP contribution is -2.50. The number of H-pyrrole nitrogens is 1. The zero-order valence-corrected chi connectivity index (χ0v) is 15.0. The van der Waals surface area contributed by atoms with Gasteiger partial charge in [-0.25, -0.2) is 0 Å². The lowest BCUT2D eigenvalue weighted by molar-refractivity contribution is 0.0550. The van der Waals surface area contributed by atoms with Gasteiger partial charge in [0.15, 0.2) is 0 Å². The number of nitrogens with one attached hydrogen (secondary N) is 1. The highest BCUT2D eigenvalue weighted by Crippen LogP contribution is 2.26. The topological polar surface area (TPSA) is 59.6 Å². The Balaban J connectivity index is 1.78. The summed E-state index contributed by atoms with van der Waals surface area (Å²) >= 11 is 0. The van der Waals surface area contributed by atoms with Gasteiger partial charge in [-0.2, -0.15) is 0 Å². The average molecular weight is 329 g/mol. The molecule has 1 aliphatic heterocycles. The summed E-state index contributed by atoms with van der Waals surface area (Å²) in [6, 6.07) is 4.16. The maximum absolute atomic E-state index is 12.8. The Morgan fingerprint density at radius 1 is 1.17 bits per heavy atom. The van der Waals surface area contributed by atoms with E-state index in [9.17, 15) is 9.90 Å². The Hall–Kier alpha value is -1.85. The van der Waals surface area contributed by atoms with Crippen molar-refractivity contribution in [3.63, 3.8) is 0 Å². The van der Waals surface area contributed by atoms with Crippen LogP contribution in [-0.4, -0.2) is 64.6 Å². The van der Waals surface area contributed by atoms with Gasteiger partial charge in [0.05, 0.1) is 6.10 Å². The van der Waals surface area contributed by atoms with E-state index >= 15 is 0 Å². The van der Waals surface area contributed by atoms with E-state index in [4.69, 9.17) is 0 Å². The largest absolute Gasteiger partial charge is 0.392 e. The maximum Gasteiger partial charge on any atom is 0.270 e. The fraction of sp³-hybridized carbons (Fsp3) is 0.526. The van der Waals surface area contributed by atoms with Crippen LogP contribution in [0.4, 0.5) is 0 Å². The van der Waals surface area contributed by atoms with Crippen molar-refractivity contribution >= 4 is 16.8 Å². The second-order valence-corrected chi connectivity index (χ2v) is 7.05. The van der Waals surface area contributed by atoms with Crippen molar-refractivity contribution in [3.05, 3.63) is 34.5 Å². The minimum absolute atomic E-state index is 0.0688. The van der Waals surface area contributed by atoms with Gasteiger partial charge in [-0.3, -0.25) is 9.69 Å². The molecule has 0 spiro atoms. The molecular formula is C19H27N3O2. The van der Waals surface area contributed by atoms with Crippen LogP contribution in [0, 0.1) is 20.8 Å². The molecule has 5 heteroatoms. The minimum atomic E-state index is -0.324. The number of fused-ring (bicyclic) bond motifs is 1. The Kier molecular flexibility index (Phi) is 4.65. The van der Waals surface area contributed by atoms with Gasteiger partial charge in [0.25, 0.3) is 5.91 Å². The molecule has 130 valence electrons. The van der Waals surface area contributed by atoms with Crippen LogP contribution < -0.4 is 0 Å². The lowest BCUT2D eigenvalue weighted by Gasteiger charge is -2.35. The number of aryl methyl sites for hydroxylation is 3. The predicted octanol–water partition coefficient (Wildman–Crippen LogP) is 2.23. The minimum Gasteiger partial charge on any atom is -0.392 e. The van der Waals surface area contributed by atoms with Crippen LogP contribution in [0.1, 0.15) is 34.1 Å². The molecule has 0 unspecified atom stereocenters. The summed E-state index contributed by atoms with van der Waals surface area (Å²) in [5, 5.41) is 10.6. The molecule has 0 bridgehead atoms. The maximum atomic E-state index is 12.8. The van der Waals surface area contributed by atoms with Crippen LogP contribution in [0.3, 0.4) is 0 Å². The van der Waals surface area contributed by atoms with Crippen LogP contribution in [0.25, 0.3) is 10.9 Å². The molecule has 2 heterocycles. The molecule has 1 aromatic carbocycles. The lowest BCUT2D eigenvalue weighted by atomic mass is 10.0. The van der Waals surface area contributed by atoms with Crippen LogP contribution in [0.15, 0.2) is 12.1 Å². The number of aliphatic hydroxyl groups excluding tert-OH is 1. The number of hydrogen-bond acceptors (Lipinski definition) is 3. The first-order valence-corrected chi connectivity index (χ1v) is 8.66. The van der Waals surface area contributed by atoms with Crippen molar-refractivity contribution in [1.82, 2.24) is 14.8 Å². The first kappa shape index (κ1) is 17.0. The quantitative estimate of drug-likeness (QED) is 0.908. The number of amides is 1. The van der Waals surface area contributed by atoms with Crippen molar-refractivity contribution in [1.29, 1.82) is 0 Å². The van der Waals surface area contributed by atoms with Gasteiger partial charge < -0.3 is 15.0 Å². The van der Waals surface area contributed by atoms with Crippen molar-refractivity contribution in [2.24, 2.45) is 0 Å². The number of hydrogen-bond donors (Lipinski definition) is 2. The zero-order chi connectivity index (χ0) is 17.4. The van der Waals surface area contributed by atoms with E-state index < -0.39 is 0 Å². The number of nitrogens with zero attached hydrogens (tertiary/aromatic N) is 2. The summed E-state index contributed by atoms with van der Waals surface area (Å²) in [6.45, 7) is 11.8. The molecule has 0 aliphatic carbocycles. The number of rotatable bonds is 3. The summed E-state index contributed by atoms with van der Waals surface area (Å²) in [7, 11) is 0. The second kappa shape index (κ2) is 6.57. The van der Waals surface area contributed by atoms with E-state index in [1.54, 1.807) is 6.92 Å². The van der Waals surface area contributed by atoms with Crippen LogP contribution in [0.2, 0.25) is 0 Å². The van der Waals surface area contributed by atoms with Crippen molar-refractivity contribution in [2.45, 2.75) is 33.8 Å². The number of carbonyl (C=O) groups is 1. The summed E-state index contributed by atoms with van der Waals surface area (Å²) in [4.78, 5) is 20.3. The standard InChI is InChI=1S/C19H27N3O2/c1-12-9-13(2)16-10-17(20-18(16)15(12)4)19(24)22-7-5-21(6-8-22)11-14(3)23/h9-10,14,20,23H,5-8,11H2,1-4H3/t14-/m1/s1. The summed E-state index contributed by atoms with van der Waals surface area (Å²) < 4.78 is 0. The van der Waals surface area contributed by atoms with Crippen molar-refractivity contribution in [3.8, 4) is 0 Å². The molecule has 24 heavy (non-hydrogen) atoms. The first-order valence-electron chi connectivity index (χ1n) is 8.66. The monoisotopic (exact) mass is 329 g/mol. The van der Waals surface area contributed by atoms with Crippen LogP contribution >= 0.6 is 0 Å². The third kappa shape index (κ3) is 3.19. The zero-order valence-electron chi connectivity index (χ0n) is 15.0. The van der Waals surface area contributed by atoms with Crippen LogP contribution in [-0.2, 0) is 0 Å². The number of piperazine rings is 1. The third-order valence-electron chi connectivity index (χ3n) is 5.05. The number of aromatic nitrogens is 1. The van der Waals surface area contributed by atoms with Gasteiger partial charge >= 0.3 is 0 Å². The number of β-amino-alcohol motifs (C(OH)–C–C–N with tert-alkyl or cyclic N) is 1. The Labute approximate surface area is 143 Å². The Bertz CT molecular complexity index is 756. The molecule has 2 N–H and O–H groups in total. The van der Waals surface area contributed by atoms with E-state index in [0.29, 0.717) is 25.3 Å². The van der Waals surface area contributed by atoms with Gasteiger partial charge in [0.1, 0.15) is 5.69 Å². The molecule has 1 fully saturated rings. The normalized spacial score (nSPS) is 17.5. The second-order valence-electron chi connectivity index (χ2n) is 7.05. The highest BCUT2D eigenvalue weighted by atomic mass is 16.3. The smallest absolute Gasteiger partial charge is 0.270 e. The third-order valence-corrected chi connectivity index (χ3v) is 5.05. The molecule has 2 aromatic rings. The van der Waals surface area contributed by atoms with Crippen molar-refractivity contribution in [2.75, 3.05) is 32.7 Å². The van der Waals surface area contributed by atoms with Gasteiger partial charge in [-0.05, 0) is 50.5 Å². The first-order chi connectivity index (χ1) is 11.4. The van der Waals surface area contributed by atoms with E-state index in [1.165, 1.54) is 16.7 Å². The molecule has 1 amide bonds. The molecule has 0 saturated carbocycles. The number of aliphatic hydroxyl groups is 1. The molecule has 1 aliphatic rings. The van der Waals surface area contributed by atoms with E-state index in [0.717, 1.165) is 24.0 Å². The van der Waals surface area contributed by atoms with E-state index in [-0.39, 0.29) is 12.0 Å². The van der Waals surface area contributed by atoms with Gasteiger partial charge in [0.2, 0.25) is 0 Å². The molecule has 0 radical (unpaired) electrons. The molecule has 1 aromatic heterocycles. The molecular weight excluding hydrogens is 302 g/mol. The highest BCUT2D eigenvalue weighted by Gasteiger charge is 2.24. The highest BCUT2D eigenvalue weighted by molar-refractivity contribution is 6.00. The predicted molar refractivity (Wildman–Crippen MR) is 96.5 cm³/mol. The van der Waals surface area contributed by atoms with Crippen LogP contribution in [0.5, 0.6) is 0 Å². The Morgan fingerprint density at radius 3 is 2.46 bits per heavy atom. The molecule has 3 rings (SSSR count). The van der Waals surface area contributed by atoms with Crippen molar-refractivity contribution < 1.29 is 9.90 Å². The Morgan fingerprint density at radius 2 is 1.83 bits per heavy atom. The summed E-state index contributed by atoms with van der Waals surface area (Å²) in [5.74, 6) is 0.0688. The number of aromatic amines is 1. The molecule has 1 atom stereocenters. The average Bonchev–Trinajstić information content (AvgIpc) is 2.98.